The van der Waals surface area contributed by atoms with E-state index in [-0.39, 0.29) is 24.7 Å². The first-order valence-corrected chi connectivity index (χ1v) is 6.16. The van der Waals surface area contributed by atoms with Gasteiger partial charge in [-0.25, -0.2) is 8.78 Å². The number of halogens is 3. The molecule has 20 heavy (non-hydrogen) atoms. The van der Waals surface area contributed by atoms with Crippen LogP contribution in [-0.4, -0.2) is 37.0 Å². The van der Waals surface area contributed by atoms with Crippen molar-refractivity contribution in [1.29, 1.82) is 0 Å². The third-order valence-electron chi connectivity index (χ3n) is 3.09. The van der Waals surface area contributed by atoms with E-state index < -0.39 is 17.7 Å². The van der Waals surface area contributed by atoms with Gasteiger partial charge in [0.25, 0.3) is 0 Å². The normalized spacial score (nSPS) is 18.6. The minimum absolute atomic E-state index is 0. The third-order valence-corrected chi connectivity index (χ3v) is 3.09. The molecule has 1 atom stereocenters. The Labute approximate surface area is 122 Å². The van der Waals surface area contributed by atoms with Gasteiger partial charge in [0, 0.05) is 19.5 Å². The molecule has 2 rings (SSSR count). The highest BCUT2D eigenvalue weighted by atomic mass is 35.5. The van der Waals surface area contributed by atoms with Gasteiger partial charge in [-0.05, 0) is 17.7 Å². The van der Waals surface area contributed by atoms with E-state index in [2.05, 4.69) is 0 Å². The van der Waals surface area contributed by atoms with Crippen molar-refractivity contribution in [2.24, 2.45) is 5.73 Å². The molecule has 1 saturated heterocycles. The average molecular weight is 307 g/mol. The number of hydrogen-bond donors (Lipinski definition) is 1. The molecule has 0 spiro atoms. The summed E-state index contributed by atoms with van der Waals surface area (Å²) in [5, 5.41) is 0. The van der Waals surface area contributed by atoms with Crippen molar-refractivity contribution in [1.82, 2.24) is 4.90 Å². The van der Waals surface area contributed by atoms with Crippen LogP contribution in [0.2, 0.25) is 0 Å². The molecule has 1 aliphatic rings. The van der Waals surface area contributed by atoms with Crippen LogP contribution in [0.5, 0.6) is 0 Å². The molecular formula is C13H17ClF2N2O2. The second-order valence-corrected chi connectivity index (χ2v) is 4.41. The monoisotopic (exact) mass is 306 g/mol. The Bertz CT molecular complexity index is 474. The quantitative estimate of drug-likeness (QED) is 0.923. The summed E-state index contributed by atoms with van der Waals surface area (Å²) >= 11 is 0. The Kier molecular flexibility index (Phi) is 6.32. The van der Waals surface area contributed by atoms with E-state index in [0.717, 1.165) is 12.1 Å². The van der Waals surface area contributed by atoms with Crippen LogP contribution in [0.3, 0.4) is 0 Å². The van der Waals surface area contributed by atoms with E-state index in [1.807, 2.05) is 0 Å². The molecule has 7 heteroatoms. The second kappa shape index (κ2) is 7.52. The highest BCUT2D eigenvalue weighted by Crippen LogP contribution is 2.24. The lowest BCUT2D eigenvalue weighted by atomic mass is 10.1. The lowest BCUT2D eigenvalue weighted by Crippen LogP contribution is -2.42. The second-order valence-electron chi connectivity index (χ2n) is 4.41. The summed E-state index contributed by atoms with van der Waals surface area (Å²) in [6.45, 7) is 1.51. The van der Waals surface area contributed by atoms with E-state index >= 15 is 0 Å². The van der Waals surface area contributed by atoms with Gasteiger partial charge in [0.05, 0.1) is 13.2 Å². The van der Waals surface area contributed by atoms with Crippen molar-refractivity contribution >= 4 is 18.3 Å². The van der Waals surface area contributed by atoms with Crippen molar-refractivity contribution in [3.8, 4) is 0 Å². The van der Waals surface area contributed by atoms with Crippen LogP contribution in [-0.2, 0) is 9.53 Å². The van der Waals surface area contributed by atoms with Gasteiger partial charge in [0.15, 0.2) is 11.6 Å². The number of morpholine rings is 1. The Morgan fingerprint density at radius 1 is 1.40 bits per heavy atom. The van der Waals surface area contributed by atoms with Crippen LogP contribution in [0.25, 0.3) is 0 Å². The Hall–Kier alpha value is -1.24. The molecule has 0 saturated carbocycles. The average Bonchev–Trinajstić information content (AvgIpc) is 2.42. The zero-order valence-corrected chi connectivity index (χ0v) is 11.7. The summed E-state index contributed by atoms with van der Waals surface area (Å²) in [4.78, 5) is 13.4. The standard InChI is InChI=1S/C13H16F2N2O2.ClH/c14-10-2-1-9(7-11(10)15)12-8-17(5-6-19-12)13(18)3-4-16;/h1-2,7,12H,3-6,8,16H2;1H. The summed E-state index contributed by atoms with van der Waals surface area (Å²) in [5.74, 6) is -1.85. The number of nitrogens with two attached hydrogens (primary N) is 1. The van der Waals surface area contributed by atoms with E-state index in [1.165, 1.54) is 6.07 Å². The summed E-state index contributed by atoms with van der Waals surface area (Å²) in [7, 11) is 0. The molecule has 0 bridgehead atoms. The molecule has 1 unspecified atom stereocenters. The first-order valence-electron chi connectivity index (χ1n) is 6.16. The molecule has 4 nitrogen and oxygen atoms in total. The van der Waals surface area contributed by atoms with Gasteiger partial charge in [0.2, 0.25) is 5.91 Å². The number of benzene rings is 1. The van der Waals surface area contributed by atoms with Crippen molar-refractivity contribution in [3.63, 3.8) is 0 Å². The highest BCUT2D eigenvalue weighted by Gasteiger charge is 2.25. The topological polar surface area (TPSA) is 55.6 Å². The maximum atomic E-state index is 13.2. The molecule has 1 aromatic carbocycles. The lowest BCUT2D eigenvalue weighted by Gasteiger charge is -2.33. The molecule has 0 aliphatic carbocycles. The van der Waals surface area contributed by atoms with Crippen LogP contribution in [0, 0.1) is 11.6 Å². The molecule has 0 radical (unpaired) electrons. The van der Waals surface area contributed by atoms with Gasteiger partial charge >= 0.3 is 0 Å². The van der Waals surface area contributed by atoms with Crippen molar-refractivity contribution in [2.75, 3.05) is 26.2 Å². The van der Waals surface area contributed by atoms with Gasteiger partial charge in [-0.1, -0.05) is 6.07 Å². The van der Waals surface area contributed by atoms with E-state index in [9.17, 15) is 13.6 Å². The molecule has 1 heterocycles. The van der Waals surface area contributed by atoms with E-state index in [0.29, 0.717) is 31.8 Å². The van der Waals surface area contributed by atoms with E-state index in [4.69, 9.17) is 10.5 Å². The number of amides is 1. The van der Waals surface area contributed by atoms with Crippen LogP contribution >= 0.6 is 12.4 Å². The van der Waals surface area contributed by atoms with Gasteiger partial charge < -0.3 is 15.4 Å². The zero-order valence-electron chi connectivity index (χ0n) is 10.9. The molecule has 1 aromatic rings. The Morgan fingerprint density at radius 3 is 2.80 bits per heavy atom. The third kappa shape index (κ3) is 3.88. The predicted octanol–water partition coefficient (Wildman–Crippen LogP) is 1.64. The first-order chi connectivity index (χ1) is 9.11. The highest BCUT2D eigenvalue weighted by molar-refractivity contribution is 5.85. The number of ether oxygens (including phenoxy) is 1. The van der Waals surface area contributed by atoms with E-state index in [1.54, 1.807) is 4.90 Å². The van der Waals surface area contributed by atoms with Crippen molar-refractivity contribution in [2.45, 2.75) is 12.5 Å². The summed E-state index contributed by atoms with van der Waals surface area (Å²) in [6.07, 6.45) is -0.143. The molecule has 112 valence electrons. The van der Waals surface area contributed by atoms with Crippen LogP contribution in [0.1, 0.15) is 18.1 Å². The van der Waals surface area contributed by atoms with Crippen molar-refractivity contribution < 1.29 is 18.3 Å². The molecule has 1 fully saturated rings. The zero-order chi connectivity index (χ0) is 13.8. The molecule has 2 N–H and O–H groups in total. The van der Waals surface area contributed by atoms with Crippen LogP contribution in [0.15, 0.2) is 18.2 Å². The number of nitrogens with zero attached hydrogens (tertiary/aromatic N) is 1. The largest absolute Gasteiger partial charge is 0.370 e. The fourth-order valence-electron chi connectivity index (χ4n) is 2.07. The minimum Gasteiger partial charge on any atom is -0.370 e. The van der Waals surface area contributed by atoms with Crippen LogP contribution < -0.4 is 5.73 Å². The molecule has 1 amide bonds. The number of carbonyl (C=O) groups is 1. The van der Waals surface area contributed by atoms with Crippen LogP contribution in [0.4, 0.5) is 8.78 Å². The number of carbonyl (C=O) groups excluding carboxylic acids is 1. The van der Waals surface area contributed by atoms with Gasteiger partial charge in [-0.2, -0.15) is 0 Å². The lowest BCUT2D eigenvalue weighted by molar-refractivity contribution is -0.138. The maximum absolute atomic E-state index is 13.2. The molecule has 1 aliphatic heterocycles. The molecular weight excluding hydrogens is 290 g/mol. The SMILES string of the molecule is Cl.NCCC(=O)N1CCOC(c2ccc(F)c(F)c2)C1. The summed E-state index contributed by atoms with van der Waals surface area (Å²) in [5.41, 5.74) is 5.88. The molecule has 0 aromatic heterocycles. The van der Waals surface area contributed by atoms with Gasteiger partial charge in [-0.15, -0.1) is 12.4 Å². The predicted molar refractivity (Wildman–Crippen MR) is 72.6 cm³/mol. The van der Waals surface area contributed by atoms with Crippen molar-refractivity contribution in [3.05, 3.63) is 35.4 Å². The first kappa shape index (κ1) is 16.8. The van der Waals surface area contributed by atoms with Gasteiger partial charge in [0.1, 0.15) is 6.10 Å². The smallest absolute Gasteiger partial charge is 0.224 e. The fourth-order valence-corrected chi connectivity index (χ4v) is 2.07. The number of rotatable bonds is 3. The Balaban J connectivity index is 0.00000200. The number of hydrogen-bond acceptors (Lipinski definition) is 3. The minimum atomic E-state index is -0.911. The van der Waals surface area contributed by atoms with Gasteiger partial charge in [-0.3, -0.25) is 4.79 Å². The maximum Gasteiger partial charge on any atom is 0.224 e. The fraction of sp³-hybridized carbons (Fsp3) is 0.462. The summed E-state index contributed by atoms with van der Waals surface area (Å²) in [6, 6.07) is 3.64. The Morgan fingerprint density at radius 2 is 2.15 bits per heavy atom. The summed E-state index contributed by atoms with van der Waals surface area (Å²) < 4.78 is 31.6.